The van der Waals surface area contributed by atoms with Gasteiger partial charge < -0.3 is 4.57 Å². The van der Waals surface area contributed by atoms with E-state index in [4.69, 9.17) is 23.2 Å². The molecule has 0 aliphatic heterocycles. The van der Waals surface area contributed by atoms with Crippen LogP contribution in [-0.4, -0.2) is 15.3 Å². The predicted molar refractivity (Wildman–Crippen MR) is 89.5 cm³/mol. The van der Waals surface area contributed by atoms with Gasteiger partial charge in [0, 0.05) is 13.5 Å². The molecule has 0 aliphatic carbocycles. The maximum absolute atomic E-state index is 12.0. The highest BCUT2D eigenvalue weighted by Gasteiger charge is 2.11. The van der Waals surface area contributed by atoms with Gasteiger partial charge in [-0.3, -0.25) is 4.79 Å². The van der Waals surface area contributed by atoms with Crippen LogP contribution < -0.4 is 0 Å². The second kappa shape index (κ2) is 7.25. The Labute approximate surface area is 138 Å². The maximum Gasteiger partial charge on any atom is 0.195 e. The van der Waals surface area contributed by atoms with Gasteiger partial charge in [-0.05, 0) is 30.7 Å². The first-order valence-corrected chi connectivity index (χ1v) is 8.29. The lowest BCUT2D eigenvalue weighted by molar-refractivity contribution is 0.105. The molecule has 0 bridgehead atoms. The summed E-state index contributed by atoms with van der Waals surface area (Å²) >= 11 is 13.2. The van der Waals surface area contributed by atoms with E-state index >= 15 is 0 Å². The van der Waals surface area contributed by atoms with Crippen LogP contribution in [0.5, 0.6) is 0 Å². The van der Waals surface area contributed by atoms with E-state index in [0.717, 1.165) is 30.8 Å². The van der Waals surface area contributed by atoms with Crippen LogP contribution in [0, 0.1) is 0 Å². The third-order valence-electron chi connectivity index (χ3n) is 3.15. The normalized spacial score (nSPS) is 11.4. The Morgan fingerprint density at radius 1 is 1.43 bits per heavy atom. The number of carbonyl (C=O) groups is 1. The van der Waals surface area contributed by atoms with Crippen molar-refractivity contribution in [1.29, 1.82) is 0 Å². The molecule has 2 heterocycles. The van der Waals surface area contributed by atoms with Crippen molar-refractivity contribution < 1.29 is 4.79 Å². The molecule has 0 amide bonds. The van der Waals surface area contributed by atoms with Gasteiger partial charge in [-0.2, -0.15) is 0 Å². The zero-order valence-corrected chi connectivity index (χ0v) is 14.2. The Kier molecular flexibility index (Phi) is 5.62. The summed E-state index contributed by atoms with van der Waals surface area (Å²) in [4.78, 5) is 17.0. The molecule has 0 saturated heterocycles. The van der Waals surface area contributed by atoms with Crippen LogP contribution in [0.1, 0.15) is 41.0 Å². The zero-order valence-electron chi connectivity index (χ0n) is 11.9. The molecule has 0 aliphatic rings. The lowest BCUT2D eigenvalue weighted by Crippen LogP contribution is -2.00. The SMILES string of the molecule is CCCCc1nc(Cl)c(/C=C/C(=O)c2ccc(Cl)s2)n1C. The molecule has 0 aromatic carbocycles. The molecule has 0 saturated carbocycles. The minimum absolute atomic E-state index is 0.0840. The molecule has 2 aromatic heterocycles. The van der Waals surface area contributed by atoms with Crippen molar-refractivity contribution in [2.24, 2.45) is 7.05 Å². The zero-order chi connectivity index (χ0) is 15.4. The lowest BCUT2D eigenvalue weighted by atomic mass is 10.2. The molecule has 0 spiro atoms. The molecule has 6 heteroatoms. The minimum atomic E-state index is -0.0840. The van der Waals surface area contributed by atoms with E-state index in [-0.39, 0.29) is 5.78 Å². The Morgan fingerprint density at radius 3 is 2.81 bits per heavy atom. The van der Waals surface area contributed by atoms with Crippen LogP contribution in [-0.2, 0) is 13.5 Å². The van der Waals surface area contributed by atoms with Crippen molar-refractivity contribution in [3.63, 3.8) is 0 Å². The largest absolute Gasteiger partial charge is 0.330 e. The van der Waals surface area contributed by atoms with Crippen LogP contribution in [0.25, 0.3) is 6.08 Å². The summed E-state index contributed by atoms with van der Waals surface area (Å²) in [7, 11) is 1.91. The molecule has 3 nitrogen and oxygen atoms in total. The third-order valence-corrected chi connectivity index (χ3v) is 4.67. The van der Waals surface area contributed by atoms with Crippen molar-refractivity contribution >= 4 is 46.4 Å². The number of imidazole rings is 1. The van der Waals surface area contributed by atoms with Crippen LogP contribution in [0.2, 0.25) is 9.49 Å². The smallest absolute Gasteiger partial charge is 0.195 e. The van der Waals surface area contributed by atoms with E-state index in [1.807, 2.05) is 11.6 Å². The average molecular weight is 343 g/mol. The van der Waals surface area contributed by atoms with Gasteiger partial charge in [-0.15, -0.1) is 11.3 Å². The van der Waals surface area contributed by atoms with Crippen LogP contribution in [0.3, 0.4) is 0 Å². The highest BCUT2D eigenvalue weighted by molar-refractivity contribution is 7.18. The highest BCUT2D eigenvalue weighted by Crippen LogP contribution is 2.23. The molecule has 2 rings (SSSR count). The van der Waals surface area contributed by atoms with Gasteiger partial charge in [-0.25, -0.2) is 4.98 Å². The second-order valence-corrected chi connectivity index (χ2v) is 6.74. The molecule has 0 radical (unpaired) electrons. The molecule has 0 N–H and O–H groups in total. The van der Waals surface area contributed by atoms with Gasteiger partial charge in [0.15, 0.2) is 10.9 Å². The lowest BCUT2D eigenvalue weighted by Gasteiger charge is -2.01. The van der Waals surface area contributed by atoms with Gasteiger partial charge in [0.05, 0.1) is 14.9 Å². The number of allylic oxidation sites excluding steroid dienone is 1. The summed E-state index contributed by atoms with van der Waals surface area (Å²) in [6.07, 6.45) is 6.27. The fraction of sp³-hybridized carbons (Fsp3) is 0.333. The minimum Gasteiger partial charge on any atom is -0.330 e. The van der Waals surface area contributed by atoms with E-state index in [1.54, 1.807) is 18.2 Å². The van der Waals surface area contributed by atoms with Crippen LogP contribution in [0.15, 0.2) is 18.2 Å². The fourth-order valence-corrected chi connectivity index (χ4v) is 3.20. The number of rotatable bonds is 6. The molecular weight excluding hydrogens is 327 g/mol. The molecule has 112 valence electrons. The number of hydrogen-bond acceptors (Lipinski definition) is 3. The Hall–Kier alpha value is -1.10. The summed E-state index contributed by atoms with van der Waals surface area (Å²) < 4.78 is 2.54. The van der Waals surface area contributed by atoms with Gasteiger partial charge in [-0.1, -0.05) is 36.5 Å². The topological polar surface area (TPSA) is 34.9 Å². The first-order chi connectivity index (χ1) is 10.0. The van der Waals surface area contributed by atoms with E-state index in [0.29, 0.717) is 14.4 Å². The number of nitrogens with zero attached hydrogens (tertiary/aromatic N) is 2. The van der Waals surface area contributed by atoms with Crippen molar-refractivity contribution in [2.45, 2.75) is 26.2 Å². The molecular formula is C15H16Cl2N2OS. The number of carbonyl (C=O) groups excluding carboxylic acids is 1. The summed E-state index contributed by atoms with van der Waals surface area (Å²) in [5, 5.41) is 0.428. The van der Waals surface area contributed by atoms with Crippen LogP contribution >= 0.6 is 34.5 Å². The summed E-state index contributed by atoms with van der Waals surface area (Å²) in [5.74, 6) is 0.854. The number of aryl methyl sites for hydroxylation is 1. The average Bonchev–Trinajstić information content (AvgIpc) is 2.99. The van der Waals surface area contributed by atoms with Gasteiger partial charge >= 0.3 is 0 Å². The number of ketones is 1. The number of halogens is 2. The van der Waals surface area contributed by atoms with Gasteiger partial charge in [0.2, 0.25) is 0 Å². The molecule has 0 unspecified atom stereocenters. The molecule has 0 atom stereocenters. The molecule has 0 fully saturated rings. The van der Waals surface area contributed by atoms with E-state index in [9.17, 15) is 4.79 Å². The van der Waals surface area contributed by atoms with E-state index in [2.05, 4.69) is 11.9 Å². The maximum atomic E-state index is 12.0. The number of hydrogen-bond donors (Lipinski definition) is 0. The van der Waals surface area contributed by atoms with Crippen molar-refractivity contribution in [2.75, 3.05) is 0 Å². The van der Waals surface area contributed by atoms with Gasteiger partial charge in [0.1, 0.15) is 5.82 Å². The highest BCUT2D eigenvalue weighted by atomic mass is 35.5. The van der Waals surface area contributed by atoms with Crippen LogP contribution in [0.4, 0.5) is 0 Å². The summed E-state index contributed by atoms with van der Waals surface area (Å²) in [6, 6.07) is 3.43. The Bertz CT molecular complexity index is 673. The third kappa shape index (κ3) is 3.96. The monoisotopic (exact) mass is 342 g/mol. The molecule has 2 aromatic rings. The summed E-state index contributed by atoms with van der Waals surface area (Å²) in [5.41, 5.74) is 0.749. The standard InChI is InChI=1S/C15H16Cl2N2OS/c1-3-4-5-14-18-15(17)10(19(14)2)6-7-11(20)12-8-9-13(16)21-12/h6-9H,3-5H2,1-2H3/b7-6+. The van der Waals surface area contributed by atoms with Crippen molar-refractivity contribution in [1.82, 2.24) is 9.55 Å². The predicted octanol–water partition coefficient (Wildman–Crippen LogP) is 5.03. The fourth-order valence-electron chi connectivity index (χ4n) is 1.95. The number of unbranched alkanes of at least 4 members (excludes halogenated alkanes) is 1. The van der Waals surface area contributed by atoms with Crippen molar-refractivity contribution in [3.8, 4) is 0 Å². The quantitative estimate of drug-likeness (QED) is 0.545. The first-order valence-electron chi connectivity index (χ1n) is 6.71. The number of aromatic nitrogens is 2. The van der Waals surface area contributed by atoms with E-state index < -0.39 is 0 Å². The second-order valence-electron chi connectivity index (χ2n) is 4.67. The Morgan fingerprint density at radius 2 is 2.19 bits per heavy atom. The molecule has 21 heavy (non-hydrogen) atoms. The number of thiophene rings is 1. The first kappa shape index (κ1) is 16.3. The van der Waals surface area contributed by atoms with E-state index in [1.165, 1.54) is 17.4 Å². The Balaban J connectivity index is 2.17. The summed E-state index contributed by atoms with van der Waals surface area (Å²) in [6.45, 7) is 2.14. The van der Waals surface area contributed by atoms with Gasteiger partial charge in [0.25, 0.3) is 0 Å². The van der Waals surface area contributed by atoms with Crippen molar-refractivity contribution in [3.05, 3.63) is 44.1 Å².